The van der Waals surface area contributed by atoms with Gasteiger partial charge in [0.05, 0.1) is 56.8 Å². The lowest BCUT2D eigenvalue weighted by Gasteiger charge is -2.54. The Kier molecular flexibility index (Phi) is 10.3. The summed E-state index contributed by atoms with van der Waals surface area (Å²) < 4.78 is 120. The van der Waals surface area contributed by atoms with Crippen molar-refractivity contribution in [3.8, 4) is 0 Å². The van der Waals surface area contributed by atoms with Crippen LogP contribution in [0.15, 0.2) is 0 Å². The Bertz CT molecular complexity index is 1430. The fourth-order valence-corrected chi connectivity index (χ4v) is 11.4. The maximum Gasteiger partial charge on any atom is 0.405 e. The lowest BCUT2D eigenvalue weighted by Crippen LogP contribution is -2.63. The normalized spacial score (nSPS) is 43.0. The first-order valence-corrected chi connectivity index (χ1v) is 18.6. The van der Waals surface area contributed by atoms with Crippen molar-refractivity contribution in [2.24, 2.45) is 64.1 Å². The summed E-state index contributed by atoms with van der Waals surface area (Å²) in [7, 11) is 1.54. The lowest BCUT2D eigenvalue weighted by atomic mass is 9.59. The fraction of sp³-hybridized carbons (Fsp3) is 0.919. The van der Waals surface area contributed by atoms with Gasteiger partial charge in [-0.3, -0.25) is 14.4 Å². The zero-order chi connectivity index (χ0) is 39.4. The Labute approximate surface area is 304 Å². The molecule has 6 aliphatic rings. The average Bonchev–Trinajstić information content (AvgIpc) is 3.81. The van der Waals surface area contributed by atoms with Crippen LogP contribution in [0.25, 0.3) is 0 Å². The quantitative estimate of drug-likeness (QED) is 0.188. The molecule has 4 saturated carbocycles. The Hall–Kier alpha value is -2.17. The van der Waals surface area contributed by atoms with Crippen molar-refractivity contribution in [2.45, 2.75) is 134 Å². The number of aliphatic hydroxyl groups is 2. The largest absolute Gasteiger partial charge is 0.468 e. The highest BCUT2D eigenvalue weighted by atomic mass is 19.4. The predicted octanol–water partition coefficient (Wildman–Crippen LogP) is 5.40. The topological polar surface area (TPSA) is 138 Å². The highest BCUT2D eigenvalue weighted by Gasteiger charge is 2.73. The number of fused-ring (bicyclic) bond motifs is 10. The second-order valence-electron chi connectivity index (χ2n) is 17.9. The summed E-state index contributed by atoms with van der Waals surface area (Å²) in [5.74, 6) is -9.78. The number of esters is 3. The lowest BCUT2D eigenvalue weighted by molar-refractivity contribution is -0.297. The van der Waals surface area contributed by atoms with E-state index in [-0.39, 0.29) is 30.6 Å². The van der Waals surface area contributed by atoms with Crippen LogP contribution in [0.1, 0.15) is 79.6 Å². The minimum atomic E-state index is -5.39. The summed E-state index contributed by atoms with van der Waals surface area (Å²) in [6, 6.07) is 0. The summed E-state index contributed by atoms with van der Waals surface area (Å²) in [5, 5.41) is 21.2. The van der Waals surface area contributed by atoms with Crippen LogP contribution in [-0.2, 0) is 38.1 Å². The van der Waals surface area contributed by atoms with Crippen molar-refractivity contribution in [1.29, 1.82) is 0 Å². The third kappa shape index (κ3) is 6.46. The van der Waals surface area contributed by atoms with Crippen molar-refractivity contribution >= 4 is 17.9 Å². The standard InChI is InChI=1S/C37H52F6O10/c1-15-8-19-18-11-22(27(45)26(18)44)29(19)51-24(15)14-35(32(48)50-7,37(41,42)43)23-12-17-16-9-20(21(10-16)30(46)53-33(2,3)4)28(17)52-25(23)13-34(5,31(47)49-6)36(38,39)40/h15-29,44-45H,8-14H2,1-7H3. The molecule has 17 unspecified atom stereocenters. The van der Waals surface area contributed by atoms with Gasteiger partial charge in [0, 0.05) is 11.8 Å². The Morgan fingerprint density at radius 3 is 1.83 bits per heavy atom. The van der Waals surface area contributed by atoms with Crippen molar-refractivity contribution in [3.05, 3.63) is 0 Å². The van der Waals surface area contributed by atoms with E-state index < -0.39 is 132 Å². The molecule has 2 N–H and O–H groups in total. The number of rotatable bonds is 8. The van der Waals surface area contributed by atoms with Gasteiger partial charge in [-0.25, -0.2) is 0 Å². The highest BCUT2D eigenvalue weighted by Crippen LogP contribution is 2.65. The number of ether oxygens (including phenoxy) is 5. The summed E-state index contributed by atoms with van der Waals surface area (Å²) in [6.07, 6.45) is -18.9. The van der Waals surface area contributed by atoms with Gasteiger partial charge in [0.1, 0.15) is 5.60 Å². The van der Waals surface area contributed by atoms with Crippen LogP contribution in [0, 0.1) is 64.1 Å². The molecule has 10 nitrogen and oxygen atoms in total. The first-order chi connectivity index (χ1) is 24.4. The molecule has 0 radical (unpaired) electrons. The molecule has 302 valence electrons. The zero-order valence-electron chi connectivity index (χ0n) is 31.0. The third-order valence-corrected chi connectivity index (χ3v) is 14.0. The van der Waals surface area contributed by atoms with Crippen LogP contribution in [0.2, 0.25) is 0 Å². The molecule has 4 bridgehead atoms. The van der Waals surface area contributed by atoms with Gasteiger partial charge in [0.15, 0.2) is 10.8 Å². The highest BCUT2D eigenvalue weighted by molar-refractivity contribution is 5.79. The second-order valence-corrected chi connectivity index (χ2v) is 17.9. The molecule has 0 aromatic heterocycles. The van der Waals surface area contributed by atoms with Gasteiger partial charge in [0.2, 0.25) is 0 Å². The number of carbonyl (C=O) groups is 3. The van der Waals surface area contributed by atoms with Gasteiger partial charge in [0.25, 0.3) is 0 Å². The van der Waals surface area contributed by atoms with E-state index in [4.69, 9.17) is 18.9 Å². The Balaban J connectivity index is 1.41. The van der Waals surface area contributed by atoms with Crippen molar-refractivity contribution in [2.75, 3.05) is 14.2 Å². The maximum absolute atomic E-state index is 16.1. The summed E-state index contributed by atoms with van der Waals surface area (Å²) in [4.78, 5) is 40.1. The molecular formula is C37H52F6O10. The van der Waals surface area contributed by atoms with Crippen LogP contribution >= 0.6 is 0 Å². The van der Waals surface area contributed by atoms with Gasteiger partial charge in [-0.1, -0.05) is 6.92 Å². The van der Waals surface area contributed by atoms with E-state index in [1.165, 1.54) is 0 Å². The Morgan fingerprint density at radius 2 is 1.26 bits per heavy atom. The summed E-state index contributed by atoms with van der Waals surface area (Å²) >= 11 is 0. The SMILES string of the molecule is COC(=O)C(C)(CC1OC2C(CC1C(CC1OC3C4CC(C(O)C4O)C3CC1C)(C(=O)OC)C(F)(F)F)C1CC(C(=O)OC(C)(C)C)C2C1)C(F)(F)F. The van der Waals surface area contributed by atoms with Gasteiger partial charge in [-0.05, 0) is 108 Å². The number of carbonyl (C=O) groups excluding carboxylic acids is 3. The molecule has 0 spiro atoms. The molecule has 0 aromatic carbocycles. The zero-order valence-corrected chi connectivity index (χ0v) is 31.0. The van der Waals surface area contributed by atoms with E-state index in [1.54, 1.807) is 27.7 Å². The second kappa shape index (κ2) is 13.5. The number of hydrogen-bond donors (Lipinski definition) is 2. The first-order valence-electron chi connectivity index (χ1n) is 18.6. The van der Waals surface area contributed by atoms with Gasteiger partial charge in [-0.2, -0.15) is 26.3 Å². The molecule has 6 rings (SSSR count). The van der Waals surface area contributed by atoms with Crippen LogP contribution in [-0.4, -0.2) is 96.9 Å². The molecule has 2 saturated heterocycles. The molecule has 53 heavy (non-hydrogen) atoms. The monoisotopic (exact) mass is 770 g/mol. The summed E-state index contributed by atoms with van der Waals surface area (Å²) in [5.41, 5.74) is -7.60. The van der Waals surface area contributed by atoms with E-state index in [2.05, 4.69) is 4.74 Å². The number of alkyl halides is 6. The van der Waals surface area contributed by atoms with Crippen LogP contribution in [0.3, 0.4) is 0 Å². The van der Waals surface area contributed by atoms with E-state index in [0.29, 0.717) is 26.2 Å². The molecule has 4 aliphatic carbocycles. The smallest absolute Gasteiger partial charge is 0.405 e. The Morgan fingerprint density at radius 1 is 0.679 bits per heavy atom. The minimum absolute atomic E-state index is 0.228. The van der Waals surface area contributed by atoms with E-state index in [1.807, 2.05) is 0 Å². The molecule has 2 aliphatic heterocycles. The van der Waals surface area contributed by atoms with Crippen LogP contribution < -0.4 is 0 Å². The van der Waals surface area contributed by atoms with Crippen LogP contribution in [0.5, 0.6) is 0 Å². The maximum atomic E-state index is 16.1. The van der Waals surface area contributed by atoms with E-state index in [9.17, 15) is 37.8 Å². The molecule has 2 heterocycles. The van der Waals surface area contributed by atoms with E-state index >= 15 is 13.2 Å². The molecule has 6 fully saturated rings. The third-order valence-electron chi connectivity index (χ3n) is 14.0. The number of hydrogen-bond acceptors (Lipinski definition) is 10. The van der Waals surface area contributed by atoms with Crippen molar-refractivity contribution in [1.82, 2.24) is 0 Å². The predicted molar refractivity (Wildman–Crippen MR) is 171 cm³/mol. The molecular weight excluding hydrogens is 718 g/mol. The van der Waals surface area contributed by atoms with E-state index in [0.717, 1.165) is 14.2 Å². The van der Waals surface area contributed by atoms with Crippen LogP contribution in [0.4, 0.5) is 26.3 Å². The fourth-order valence-electron chi connectivity index (χ4n) is 11.4. The van der Waals surface area contributed by atoms with Gasteiger partial charge in [-0.15, -0.1) is 0 Å². The molecule has 16 heteroatoms. The number of aliphatic hydroxyl groups excluding tert-OH is 2. The van der Waals surface area contributed by atoms with Gasteiger partial charge < -0.3 is 33.9 Å². The molecule has 0 amide bonds. The minimum Gasteiger partial charge on any atom is -0.468 e. The van der Waals surface area contributed by atoms with Gasteiger partial charge >= 0.3 is 30.3 Å². The first kappa shape index (κ1) is 40.5. The van der Waals surface area contributed by atoms with Crippen molar-refractivity contribution < 1.29 is 74.6 Å². The average molecular weight is 771 g/mol. The number of methoxy groups -OCH3 is 2. The number of halogens is 6. The molecule has 0 aromatic rings. The molecule has 17 atom stereocenters. The summed E-state index contributed by atoms with van der Waals surface area (Å²) in [6.45, 7) is 7.28. The van der Waals surface area contributed by atoms with Crippen molar-refractivity contribution in [3.63, 3.8) is 0 Å².